The lowest BCUT2D eigenvalue weighted by atomic mass is 10.0. The summed E-state index contributed by atoms with van der Waals surface area (Å²) in [5.74, 6) is 0.219. The maximum absolute atomic E-state index is 13.0. The first-order chi connectivity index (χ1) is 10.0. The minimum absolute atomic E-state index is 0.00677. The van der Waals surface area contributed by atoms with Gasteiger partial charge in [-0.25, -0.2) is 4.39 Å². The highest BCUT2D eigenvalue weighted by atomic mass is 19.1. The first-order valence-corrected chi connectivity index (χ1v) is 7.78. The second kappa shape index (κ2) is 9.50. The lowest BCUT2D eigenvalue weighted by molar-refractivity contribution is -0.120. The van der Waals surface area contributed by atoms with Crippen molar-refractivity contribution in [2.75, 3.05) is 13.1 Å². The number of amides is 1. The van der Waals surface area contributed by atoms with Crippen LogP contribution in [0.2, 0.25) is 0 Å². The van der Waals surface area contributed by atoms with E-state index in [1.165, 1.54) is 12.1 Å². The van der Waals surface area contributed by atoms with Gasteiger partial charge in [0.2, 0.25) is 5.91 Å². The third-order valence-corrected chi connectivity index (χ3v) is 3.34. The monoisotopic (exact) mass is 294 g/mol. The molecule has 0 heterocycles. The van der Waals surface area contributed by atoms with Crippen LogP contribution in [0.3, 0.4) is 0 Å². The first-order valence-electron chi connectivity index (χ1n) is 7.78. The van der Waals surface area contributed by atoms with Gasteiger partial charge in [-0.3, -0.25) is 4.79 Å². The molecule has 0 fully saturated rings. The number of benzene rings is 1. The number of nitrogens with one attached hydrogen (secondary N) is 2. The number of hydrogen-bond acceptors (Lipinski definition) is 2. The zero-order chi connectivity index (χ0) is 15.7. The summed E-state index contributed by atoms with van der Waals surface area (Å²) in [6.45, 7) is 7.25. The third-order valence-electron chi connectivity index (χ3n) is 3.34. The summed E-state index contributed by atoms with van der Waals surface area (Å²) < 4.78 is 13.0. The van der Waals surface area contributed by atoms with E-state index < -0.39 is 0 Å². The Bertz CT molecular complexity index is 417. The van der Waals surface area contributed by atoms with E-state index in [1.807, 2.05) is 0 Å². The first kappa shape index (κ1) is 17.6. The number of carbonyl (C=O) groups is 1. The lowest BCUT2D eigenvalue weighted by Gasteiger charge is -2.19. The van der Waals surface area contributed by atoms with E-state index in [-0.39, 0.29) is 17.8 Å². The van der Waals surface area contributed by atoms with Crippen LogP contribution in [0, 0.1) is 11.7 Å². The zero-order valence-corrected chi connectivity index (χ0v) is 13.3. The summed E-state index contributed by atoms with van der Waals surface area (Å²) in [5, 5.41) is 6.17. The highest BCUT2D eigenvalue weighted by Gasteiger charge is 2.12. The van der Waals surface area contributed by atoms with E-state index in [2.05, 4.69) is 31.4 Å². The highest BCUT2D eigenvalue weighted by molar-refractivity contribution is 5.78. The molecule has 1 aromatic carbocycles. The van der Waals surface area contributed by atoms with E-state index in [1.54, 1.807) is 12.1 Å². The summed E-state index contributed by atoms with van der Waals surface area (Å²) in [6.07, 6.45) is 3.11. The quantitative estimate of drug-likeness (QED) is 0.732. The van der Waals surface area contributed by atoms with Gasteiger partial charge in [0.1, 0.15) is 5.82 Å². The number of halogens is 1. The van der Waals surface area contributed by atoms with Crippen LogP contribution in [-0.2, 0) is 4.79 Å². The Kier molecular flexibility index (Phi) is 7.98. The molecule has 0 spiro atoms. The Morgan fingerprint density at radius 2 is 1.90 bits per heavy atom. The van der Waals surface area contributed by atoms with Gasteiger partial charge in [-0.05, 0) is 30.0 Å². The Morgan fingerprint density at radius 3 is 2.48 bits per heavy atom. The van der Waals surface area contributed by atoms with Crippen LogP contribution >= 0.6 is 0 Å². The Hall–Kier alpha value is -1.42. The van der Waals surface area contributed by atoms with E-state index in [0.717, 1.165) is 24.8 Å². The molecule has 4 heteroatoms. The molecule has 1 atom stereocenters. The van der Waals surface area contributed by atoms with Gasteiger partial charge in [0, 0.05) is 12.6 Å². The molecule has 3 nitrogen and oxygen atoms in total. The molecule has 0 bridgehead atoms. The fourth-order valence-electron chi connectivity index (χ4n) is 2.09. The normalized spacial score (nSPS) is 12.4. The molecule has 1 amide bonds. The van der Waals surface area contributed by atoms with Crippen LogP contribution < -0.4 is 10.6 Å². The average Bonchev–Trinajstić information content (AvgIpc) is 2.46. The summed E-state index contributed by atoms with van der Waals surface area (Å²) in [6, 6.07) is 6.60. The van der Waals surface area contributed by atoms with E-state index in [9.17, 15) is 9.18 Å². The SMILES string of the molecule is CCCCC(NCC(=O)NCC(C)C)c1ccc(F)cc1. The fourth-order valence-corrected chi connectivity index (χ4v) is 2.09. The largest absolute Gasteiger partial charge is 0.355 e. The van der Waals surface area contributed by atoms with Gasteiger partial charge in [0.15, 0.2) is 0 Å². The van der Waals surface area contributed by atoms with Crippen molar-refractivity contribution in [1.82, 2.24) is 10.6 Å². The van der Waals surface area contributed by atoms with E-state index in [4.69, 9.17) is 0 Å². The van der Waals surface area contributed by atoms with Crippen molar-refractivity contribution in [3.05, 3.63) is 35.6 Å². The van der Waals surface area contributed by atoms with Crippen LogP contribution in [0.5, 0.6) is 0 Å². The standard InChI is InChI=1S/C17H27FN2O/c1-4-5-6-16(14-7-9-15(18)10-8-14)19-12-17(21)20-11-13(2)3/h7-10,13,16,19H,4-6,11-12H2,1-3H3,(H,20,21). The summed E-state index contributed by atoms with van der Waals surface area (Å²) in [7, 11) is 0. The fraction of sp³-hybridized carbons (Fsp3) is 0.588. The molecule has 1 unspecified atom stereocenters. The van der Waals surface area contributed by atoms with E-state index >= 15 is 0 Å². The number of unbranched alkanes of at least 4 members (excludes halogenated alkanes) is 1. The van der Waals surface area contributed by atoms with Crippen molar-refractivity contribution in [3.8, 4) is 0 Å². The molecule has 0 aliphatic rings. The Morgan fingerprint density at radius 1 is 1.24 bits per heavy atom. The molecule has 2 N–H and O–H groups in total. The zero-order valence-electron chi connectivity index (χ0n) is 13.3. The van der Waals surface area contributed by atoms with E-state index in [0.29, 0.717) is 19.0 Å². The molecule has 0 aromatic heterocycles. The van der Waals surface area contributed by atoms with Crippen LogP contribution in [0.15, 0.2) is 24.3 Å². The molecule has 0 aliphatic heterocycles. The molecular weight excluding hydrogens is 267 g/mol. The molecule has 1 aromatic rings. The molecule has 0 saturated carbocycles. The number of rotatable bonds is 9. The van der Waals surface area contributed by atoms with Crippen LogP contribution in [0.25, 0.3) is 0 Å². The Labute approximate surface area is 127 Å². The minimum Gasteiger partial charge on any atom is -0.355 e. The second-order valence-corrected chi connectivity index (χ2v) is 5.83. The molecule has 21 heavy (non-hydrogen) atoms. The lowest BCUT2D eigenvalue weighted by Crippen LogP contribution is -2.37. The molecular formula is C17H27FN2O. The molecule has 118 valence electrons. The molecule has 0 aliphatic carbocycles. The van der Waals surface area contributed by atoms with Crippen molar-refractivity contribution in [3.63, 3.8) is 0 Å². The van der Waals surface area contributed by atoms with Gasteiger partial charge in [0.25, 0.3) is 0 Å². The smallest absolute Gasteiger partial charge is 0.233 e. The van der Waals surface area contributed by atoms with Crippen molar-refractivity contribution < 1.29 is 9.18 Å². The topological polar surface area (TPSA) is 41.1 Å². The maximum Gasteiger partial charge on any atom is 0.233 e. The van der Waals surface area contributed by atoms with Crippen molar-refractivity contribution in [2.24, 2.45) is 5.92 Å². The summed E-state index contributed by atoms with van der Waals surface area (Å²) in [5.41, 5.74) is 1.03. The van der Waals surface area contributed by atoms with Crippen molar-refractivity contribution >= 4 is 5.91 Å². The van der Waals surface area contributed by atoms with Crippen molar-refractivity contribution in [1.29, 1.82) is 0 Å². The maximum atomic E-state index is 13.0. The number of carbonyl (C=O) groups excluding carboxylic acids is 1. The Balaban J connectivity index is 2.53. The molecule has 1 rings (SSSR count). The highest BCUT2D eigenvalue weighted by Crippen LogP contribution is 2.19. The van der Waals surface area contributed by atoms with Gasteiger partial charge in [-0.2, -0.15) is 0 Å². The second-order valence-electron chi connectivity index (χ2n) is 5.83. The summed E-state index contributed by atoms with van der Waals surface area (Å²) in [4.78, 5) is 11.8. The number of hydrogen-bond donors (Lipinski definition) is 2. The van der Waals surface area contributed by atoms with Crippen molar-refractivity contribution in [2.45, 2.75) is 46.1 Å². The van der Waals surface area contributed by atoms with Gasteiger partial charge >= 0.3 is 0 Å². The third kappa shape index (κ3) is 7.23. The van der Waals surface area contributed by atoms with Crippen LogP contribution in [0.4, 0.5) is 4.39 Å². The molecule has 0 radical (unpaired) electrons. The van der Waals surface area contributed by atoms with Gasteiger partial charge in [-0.1, -0.05) is 45.7 Å². The predicted molar refractivity (Wildman–Crippen MR) is 84.5 cm³/mol. The average molecular weight is 294 g/mol. The van der Waals surface area contributed by atoms with Gasteiger partial charge < -0.3 is 10.6 Å². The van der Waals surface area contributed by atoms with Gasteiger partial charge in [0.05, 0.1) is 6.54 Å². The van der Waals surface area contributed by atoms with Crippen LogP contribution in [-0.4, -0.2) is 19.0 Å². The van der Waals surface area contributed by atoms with Crippen LogP contribution in [0.1, 0.15) is 51.6 Å². The minimum atomic E-state index is -0.234. The van der Waals surface area contributed by atoms with Gasteiger partial charge in [-0.15, -0.1) is 0 Å². The predicted octanol–water partition coefficient (Wildman–Crippen LogP) is 3.42. The molecule has 0 saturated heterocycles. The summed E-state index contributed by atoms with van der Waals surface area (Å²) >= 11 is 0.